The predicted octanol–water partition coefficient (Wildman–Crippen LogP) is 4.45. The maximum Gasteiger partial charge on any atom is 0.267 e. The van der Waals surface area contributed by atoms with Crippen molar-refractivity contribution >= 4 is 16.6 Å². The number of nitrogens with one attached hydrogen (secondary N) is 1. The molecule has 6 heteroatoms. The van der Waals surface area contributed by atoms with E-state index in [0.29, 0.717) is 6.04 Å². The molecule has 0 saturated heterocycles. The minimum absolute atomic E-state index is 0.0417. The van der Waals surface area contributed by atoms with Gasteiger partial charge in [0.15, 0.2) is 0 Å². The molecule has 0 aliphatic heterocycles. The first kappa shape index (κ1) is 18.5. The number of nitrogens with zero attached hydrogens (tertiary/aromatic N) is 4. The average molecular weight is 397 g/mol. The summed E-state index contributed by atoms with van der Waals surface area (Å²) < 4.78 is 1.67. The molecule has 1 aliphatic rings. The van der Waals surface area contributed by atoms with Crippen LogP contribution in [0.5, 0.6) is 0 Å². The molecule has 0 amide bonds. The summed E-state index contributed by atoms with van der Waals surface area (Å²) in [6.07, 6.45) is 9.11. The molecule has 0 radical (unpaired) electrons. The lowest BCUT2D eigenvalue weighted by Gasteiger charge is -2.30. The van der Waals surface area contributed by atoms with Gasteiger partial charge in [-0.15, -0.1) is 0 Å². The molecule has 3 aromatic heterocycles. The van der Waals surface area contributed by atoms with E-state index in [2.05, 4.69) is 32.5 Å². The largest absolute Gasteiger partial charge is 0.367 e. The number of hydrogen-bond acceptors (Lipinski definition) is 5. The number of hydrogen-bond donors (Lipinski definition) is 1. The summed E-state index contributed by atoms with van der Waals surface area (Å²) in [6, 6.07) is 18.0. The Morgan fingerprint density at radius 2 is 1.67 bits per heavy atom. The van der Waals surface area contributed by atoms with Crippen molar-refractivity contribution in [3.05, 3.63) is 83.5 Å². The van der Waals surface area contributed by atoms with Crippen LogP contribution in [0.25, 0.3) is 22.0 Å². The first-order valence-electron chi connectivity index (χ1n) is 10.4. The van der Waals surface area contributed by atoms with Crippen molar-refractivity contribution in [3.8, 4) is 11.3 Å². The van der Waals surface area contributed by atoms with E-state index >= 15 is 0 Å². The maximum atomic E-state index is 12.5. The van der Waals surface area contributed by atoms with Crippen molar-refractivity contribution in [1.29, 1.82) is 0 Å². The Labute approximate surface area is 174 Å². The van der Waals surface area contributed by atoms with Crippen LogP contribution < -0.4 is 10.9 Å². The van der Waals surface area contributed by atoms with Crippen molar-refractivity contribution < 1.29 is 0 Å². The molecule has 150 valence electrons. The van der Waals surface area contributed by atoms with Crippen molar-refractivity contribution in [3.63, 3.8) is 0 Å². The second-order valence-electron chi connectivity index (χ2n) is 7.77. The predicted molar refractivity (Wildman–Crippen MR) is 118 cm³/mol. The molecule has 6 nitrogen and oxygen atoms in total. The second-order valence-corrected chi connectivity index (χ2v) is 7.77. The van der Waals surface area contributed by atoms with Crippen LogP contribution in [-0.4, -0.2) is 25.8 Å². The maximum absolute atomic E-state index is 12.5. The standard InChI is InChI=1S/C24H23N5O/c30-23-10-9-22(18-11-14-25-15-12-18)28-29(23)20-7-5-19(6-8-20)27-24-21-4-2-1-3-17(21)13-16-26-24/h1-4,9-16,19-20H,5-8H2,(H,26,27). The molecule has 30 heavy (non-hydrogen) atoms. The van der Waals surface area contributed by atoms with E-state index in [1.54, 1.807) is 29.2 Å². The van der Waals surface area contributed by atoms with Crippen LogP contribution >= 0.6 is 0 Å². The van der Waals surface area contributed by atoms with Gasteiger partial charge in [-0.1, -0.05) is 24.3 Å². The Bertz CT molecular complexity index is 1210. The van der Waals surface area contributed by atoms with Gasteiger partial charge in [0.25, 0.3) is 5.56 Å². The highest BCUT2D eigenvalue weighted by Crippen LogP contribution is 2.30. The van der Waals surface area contributed by atoms with Gasteiger partial charge in [0.1, 0.15) is 5.82 Å². The molecular weight excluding hydrogens is 374 g/mol. The van der Waals surface area contributed by atoms with Crippen LogP contribution in [-0.2, 0) is 0 Å². The molecule has 0 unspecified atom stereocenters. The monoisotopic (exact) mass is 397 g/mol. The van der Waals surface area contributed by atoms with E-state index in [1.165, 1.54) is 5.39 Å². The molecular formula is C24H23N5O. The minimum atomic E-state index is -0.0417. The normalized spacial score (nSPS) is 18.9. The van der Waals surface area contributed by atoms with Crippen LogP contribution in [0.15, 0.2) is 78.0 Å². The summed E-state index contributed by atoms with van der Waals surface area (Å²) in [5.41, 5.74) is 1.73. The summed E-state index contributed by atoms with van der Waals surface area (Å²) in [7, 11) is 0. The molecule has 1 aliphatic carbocycles. The molecule has 5 rings (SSSR count). The fourth-order valence-corrected chi connectivity index (χ4v) is 4.26. The lowest BCUT2D eigenvalue weighted by atomic mass is 9.91. The number of rotatable bonds is 4. The Morgan fingerprint density at radius 1 is 0.867 bits per heavy atom. The van der Waals surface area contributed by atoms with Crippen molar-refractivity contribution in [2.75, 3.05) is 5.32 Å². The third-order valence-electron chi connectivity index (χ3n) is 5.86. The van der Waals surface area contributed by atoms with E-state index in [9.17, 15) is 4.79 Å². The first-order chi connectivity index (χ1) is 14.8. The number of benzene rings is 1. The summed E-state index contributed by atoms with van der Waals surface area (Å²) in [5, 5.41) is 10.6. The van der Waals surface area contributed by atoms with Crippen LogP contribution in [0.4, 0.5) is 5.82 Å². The van der Waals surface area contributed by atoms with Crippen LogP contribution in [0.2, 0.25) is 0 Å². The molecule has 1 saturated carbocycles. The lowest BCUT2D eigenvalue weighted by molar-refractivity contribution is 0.304. The van der Waals surface area contributed by atoms with Crippen LogP contribution in [0.1, 0.15) is 31.7 Å². The van der Waals surface area contributed by atoms with Crippen molar-refractivity contribution in [1.82, 2.24) is 19.7 Å². The van der Waals surface area contributed by atoms with E-state index in [4.69, 9.17) is 0 Å². The SMILES string of the molecule is O=c1ccc(-c2ccncc2)nn1C1CCC(Nc2nccc3ccccc23)CC1. The highest BCUT2D eigenvalue weighted by atomic mass is 16.1. The number of fused-ring (bicyclic) bond motifs is 1. The van der Waals surface area contributed by atoms with Crippen LogP contribution in [0, 0.1) is 0 Å². The highest BCUT2D eigenvalue weighted by molar-refractivity contribution is 5.91. The Balaban J connectivity index is 1.31. The molecule has 1 N–H and O–H groups in total. The first-order valence-corrected chi connectivity index (χ1v) is 10.4. The Hall–Kier alpha value is -3.54. The molecule has 4 aromatic rings. The van der Waals surface area contributed by atoms with E-state index in [0.717, 1.165) is 48.1 Å². The number of aromatic nitrogens is 4. The van der Waals surface area contributed by atoms with Gasteiger partial charge in [0.2, 0.25) is 0 Å². The topological polar surface area (TPSA) is 72.7 Å². The van der Waals surface area contributed by atoms with Gasteiger partial charge in [0.05, 0.1) is 11.7 Å². The Kier molecular flexibility index (Phi) is 4.97. The minimum Gasteiger partial charge on any atom is -0.367 e. The van der Waals surface area contributed by atoms with Gasteiger partial charge < -0.3 is 5.32 Å². The third-order valence-corrected chi connectivity index (χ3v) is 5.86. The fraction of sp³-hybridized carbons (Fsp3) is 0.250. The molecule has 1 aromatic carbocycles. The van der Waals surface area contributed by atoms with Crippen molar-refractivity contribution in [2.24, 2.45) is 0 Å². The zero-order valence-electron chi connectivity index (χ0n) is 16.6. The quantitative estimate of drug-likeness (QED) is 0.551. The van der Waals surface area contributed by atoms with Gasteiger partial charge in [-0.3, -0.25) is 9.78 Å². The molecule has 1 fully saturated rings. The van der Waals surface area contributed by atoms with Gasteiger partial charge in [0, 0.05) is 41.6 Å². The summed E-state index contributed by atoms with van der Waals surface area (Å²) in [5.74, 6) is 0.937. The average Bonchev–Trinajstić information content (AvgIpc) is 2.81. The Morgan fingerprint density at radius 3 is 2.50 bits per heavy atom. The zero-order valence-corrected chi connectivity index (χ0v) is 16.6. The van der Waals surface area contributed by atoms with Gasteiger partial charge >= 0.3 is 0 Å². The molecule has 0 spiro atoms. The van der Waals surface area contributed by atoms with E-state index < -0.39 is 0 Å². The number of pyridine rings is 2. The molecule has 0 atom stereocenters. The van der Waals surface area contributed by atoms with E-state index in [-0.39, 0.29) is 11.6 Å². The van der Waals surface area contributed by atoms with E-state index in [1.807, 2.05) is 36.5 Å². The summed E-state index contributed by atoms with van der Waals surface area (Å²) in [6.45, 7) is 0. The third kappa shape index (κ3) is 3.68. The molecule has 0 bridgehead atoms. The zero-order chi connectivity index (χ0) is 20.3. The second kappa shape index (κ2) is 8.06. The smallest absolute Gasteiger partial charge is 0.267 e. The molecule has 3 heterocycles. The summed E-state index contributed by atoms with van der Waals surface area (Å²) in [4.78, 5) is 21.1. The summed E-state index contributed by atoms with van der Waals surface area (Å²) >= 11 is 0. The highest BCUT2D eigenvalue weighted by Gasteiger charge is 2.24. The van der Waals surface area contributed by atoms with Gasteiger partial charge in [-0.25, -0.2) is 9.67 Å². The van der Waals surface area contributed by atoms with Crippen molar-refractivity contribution in [2.45, 2.75) is 37.8 Å². The van der Waals surface area contributed by atoms with Gasteiger partial charge in [-0.05, 0) is 55.3 Å². The van der Waals surface area contributed by atoms with Crippen LogP contribution in [0.3, 0.4) is 0 Å². The number of anilines is 1. The van der Waals surface area contributed by atoms with Gasteiger partial charge in [-0.2, -0.15) is 5.10 Å². The fourth-order valence-electron chi connectivity index (χ4n) is 4.26. The lowest BCUT2D eigenvalue weighted by Crippen LogP contribution is -2.33.